The third-order valence-corrected chi connectivity index (χ3v) is 17.9. The number of nitrogens with zero attached hydrogens (tertiary/aromatic N) is 3. The summed E-state index contributed by atoms with van der Waals surface area (Å²) in [5.74, 6) is -2.17. The summed E-state index contributed by atoms with van der Waals surface area (Å²) in [5, 5.41) is 2.09. The molecule has 0 saturated heterocycles. The van der Waals surface area contributed by atoms with Crippen LogP contribution in [-0.4, -0.2) is 143 Å². The van der Waals surface area contributed by atoms with Gasteiger partial charge in [0, 0.05) is 97.4 Å². The number of allylic oxidation sites excluding steroid dienone is 4. The number of rotatable bonds is 22. The van der Waals surface area contributed by atoms with Crippen molar-refractivity contribution in [3.8, 4) is 0 Å². The molecular weight excluding hydrogens is 1100 g/mol. The van der Waals surface area contributed by atoms with Crippen molar-refractivity contribution in [2.45, 2.75) is 89.7 Å². The molecule has 0 fully saturated rings. The van der Waals surface area contributed by atoms with E-state index in [4.69, 9.17) is 4.74 Å². The number of benzene rings is 4. The van der Waals surface area contributed by atoms with E-state index in [0.29, 0.717) is 59.7 Å². The highest BCUT2D eigenvalue weighted by Gasteiger charge is 2.47. The molecule has 0 bridgehead atoms. The molecule has 410 valence electrons. The minimum Gasteiger partial charge on any atom is -0.748 e. The van der Waals surface area contributed by atoms with Crippen molar-refractivity contribution in [2.75, 3.05) is 50.5 Å². The van der Waals surface area contributed by atoms with Crippen LogP contribution < -0.4 is 10.2 Å². The van der Waals surface area contributed by atoms with Crippen molar-refractivity contribution in [1.82, 2.24) is 10.2 Å². The molecule has 7 rings (SSSR count). The van der Waals surface area contributed by atoms with Gasteiger partial charge in [0.1, 0.15) is 47.0 Å². The fraction of sp³-hybridized carbons (Fsp3) is 0.375. The van der Waals surface area contributed by atoms with Gasteiger partial charge in [-0.05, 0) is 111 Å². The van der Waals surface area contributed by atoms with Crippen molar-refractivity contribution in [1.29, 1.82) is 0 Å². The second kappa shape index (κ2) is 21.2. The molecule has 0 aliphatic carbocycles. The number of methoxy groups -OCH3 is 1. The van der Waals surface area contributed by atoms with Crippen LogP contribution in [0, 0.1) is 0 Å². The van der Waals surface area contributed by atoms with Crippen molar-refractivity contribution < 1.29 is 88.5 Å². The SMILES string of the molecule is COCCN1/C(=C/C=C/C2=[N+](CCCCCC(=O)NCCN3C(=O)C=CC3=O)c3ccc4c(S(=O)(=O)[O-])cc(S(=O)(=O)[O-])cc4c3C2(C)C)C(C)(CCCS(=O)(=O)[O-])c2c1ccc1c(S(=O)(=O)[O-])cc(S(=O)(=O)[O-])cc21. The number of unbranched alkanes of at least 4 members (excludes halogenated alkanes) is 2. The minimum absolute atomic E-state index is 0.0197. The highest BCUT2D eigenvalue weighted by molar-refractivity contribution is 7.87. The molecule has 23 nitrogen and oxygen atoms in total. The van der Waals surface area contributed by atoms with Gasteiger partial charge in [0.2, 0.25) is 11.6 Å². The summed E-state index contributed by atoms with van der Waals surface area (Å²) in [6, 6.07) is 8.48. The van der Waals surface area contributed by atoms with Gasteiger partial charge >= 0.3 is 0 Å². The van der Waals surface area contributed by atoms with E-state index >= 15 is 0 Å². The van der Waals surface area contributed by atoms with Crippen LogP contribution in [0.5, 0.6) is 0 Å². The predicted octanol–water partition coefficient (Wildman–Crippen LogP) is 2.78. The second-order valence-electron chi connectivity index (χ2n) is 19.0. The van der Waals surface area contributed by atoms with Crippen molar-refractivity contribution >= 4 is 107 Å². The number of ether oxygens (including phenoxy) is 1. The molecule has 0 spiro atoms. The third kappa shape index (κ3) is 11.9. The van der Waals surface area contributed by atoms with Crippen LogP contribution >= 0.6 is 0 Å². The summed E-state index contributed by atoms with van der Waals surface area (Å²) in [6.07, 6.45) is 8.02. The third-order valence-electron chi connectivity index (χ3n) is 13.7. The van der Waals surface area contributed by atoms with Gasteiger partial charge in [-0.25, -0.2) is 42.1 Å². The van der Waals surface area contributed by atoms with E-state index in [1.54, 1.807) is 43.9 Å². The normalized spacial score (nSPS) is 18.6. The summed E-state index contributed by atoms with van der Waals surface area (Å²) < 4.78 is 194. The fourth-order valence-electron chi connectivity index (χ4n) is 10.4. The average Bonchev–Trinajstić information content (AvgIpc) is 3.84. The summed E-state index contributed by atoms with van der Waals surface area (Å²) in [7, 11) is -24.9. The first-order valence-electron chi connectivity index (χ1n) is 23.3. The number of hydrogen-bond donors (Lipinski definition) is 1. The number of nitrogens with one attached hydrogen (secondary N) is 1. The number of anilines is 1. The second-order valence-corrected chi connectivity index (χ2v) is 26.0. The van der Waals surface area contributed by atoms with Gasteiger partial charge in [0.05, 0.1) is 41.7 Å². The van der Waals surface area contributed by atoms with E-state index in [1.165, 1.54) is 31.4 Å². The molecule has 28 heteroatoms. The number of amides is 3. The molecule has 3 aliphatic heterocycles. The van der Waals surface area contributed by atoms with Gasteiger partial charge in [-0.3, -0.25) is 19.3 Å². The largest absolute Gasteiger partial charge is 0.748 e. The van der Waals surface area contributed by atoms with Gasteiger partial charge in [-0.1, -0.05) is 12.1 Å². The lowest BCUT2D eigenvalue weighted by molar-refractivity contribution is -0.438. The van der Waals surface area contributed by atoms with E-state index in [1.807, 2.05) is 4.58 Å². The summed E-state index contributed by atoms with van der Waals surface area (Å²) in [4.78, 5) is 35.2. The Bertz CT molecular complexity index is 3810. The molecule has 1 N–H and O–H groups in total. The van der Waals surface area contributed by atoms with Crippen LogP contribution in [0.25, 0.3) is 21.5 Å². The topological polar surface area (TPSA) is 368 Å². The molecule has 3 amide bonds. The first kappa shape index (κ1) is 57.9. The fourth-order valence-corrected chi connectivity index (χ4v) is 13.5. The zero-order valence-corrected chi connectivity index (χ0v) is 45.2. The molecule has 1 atom stereocenters. The van der Waals surface area contributed by atoms with E-state index in [2.05, 4.69) is 5.32 Å². The van der Waals surface area contributed by atoms with Crippen molar-refractivity contribution in [2.24, 2.45) is 0 Å². The molecular formula is C48H50N4O19S5-4. The Morgan fingerprint density at radius 1 is 0.684 bits per heavy atom. The van der Waals surface area contributed by atoms with Crippen molar-refractivity contribution in [3.05, 3.63) is 95.7 Å². The zero-order chi connectivity index (χ0) is 56.1. The van der Waals surface area contributed by atoms with Gasteiger partial charge in [0.15, 0.2) is 5.71 Å². The lowest BCUT2D eigenvalue weighted by Crippen LogP contribution is -2.38. The molecule has 0 aromatic heterocycles. The van der Waals surface area contributed by atoms with E-state index in [0.717, 1.165) is 29.2 Å². The van der Waals surface area contributed by atoms with Crippen molar-refractivity contribution in [3.63, 3.8) is 0 Å². The van der Waals surface area contributed by atoms with Crippen LogP contribution in [0.4, 0.5) is 11.4 Å². The van der Waals surface area contributed by atoms with Crippen LogP contribution in [-0.2, 0) is 80.5 Å². The van der Waals surface area contributed by atoms with Gasteiger partial charge in [-0.2, -0.15) is 4.58 Å². The monoisotopic (exact) mass is 1150 g/mol. The molecule has 4 aromatic rings. The smallest absolute Gasteiger partial charge is 0.253 e. The number of hydrogen-bond acceptors (Lipinski definition) is 20. The van der Waals surface area contributed by atoms with Crippen LogP contribution in [0.3, 0.4) is 0 Å². The maximum Gasteiger partial charge on any atom is 0.253 e. The molecule has 0 radical (unpaired) electrons. The maximum absolute atomic E-state index is 12.7. The van der Waals surface area contributed by atoms with E-state index in [-0.39, 0.29) is 85.1 Å². The minimum atomic E-state index is -5.43. The summed E-state index contributed by atoms with van der Waals surface area (Å²) >= 11 is 0. The Morgan fingerprint density at radius 3 is 1.79 bits per heavy atom. The highest BCUT2D eigenvalue weighted by atomic mass is 32.2. The molecule has 76 heavy (non-hydrogen) atoms. The molecule has 4 aromatic carbocycles. The lowest BCUT2D eigenvalue weighted by atomic mass is 9.75. The zero-order valence-electron chi connectivity index (χ0n) is 41.1. The Morgan fingerprint density at radius 2 is 1.25 bits per heavy atom. The lowest BCUT2D eigenvalue weighted by Gasteiger charge is -2.31. The number of fused-ring (bicyclic) bond motifs is 6. The van der Waals surface area contributed by atoms with E-state index in [9.17, 15) is 79.2 Å². The number of carbonyl (C=O) groups excluding carboxylic acids is 3. The maximum atomic E-state index is 12.7. The number of carbonyl (C=O) groups is 3. The molecule has 3 heterocycles. The molecule has 3 aliphatic rings. The first-order chi connectivity index (χ1) is 35.2. The Balaban J connectivity index is 1.35. The van der Waals surface area contributed by atoms with E-state index < -0.39 is 98.6 Å². The Labute approximate surface area is 439 Å². The number of imide groups is 1. The molecule has 1 unspecified atom stereocenters. The van der Waals surface area contributed by atoms with Gasteiger partial charge in [-0.15, -0.1) is 0 Å². The summed E-state index contributed by atoms with van der Waals surface area (Å²) in [6.45, 7) is 5.41. The van der Waals surface area contributed by atoms with Gasteiger partial charge < -0.3 is 37.7 Å². The quantitative estimate of drug-likeness (QED) is 0.0511. The Kier molecular flexibility index (Phi) is 16.2. The first-order valence-corrected chi connectivity index (χ1v) is 30.5. The van der Waals surface area contributed by atoms with Crippen LogP contribution in [0.2, 0.25) is 0 Å². The standard InChI is InChI=1S/C48H54N4O19S5/c1-47(2)40(10-8-11-41-48(3,19-9-25-72(56,57)58)46-35-27-31(74(62,63)64)29-39(76(68,69)70)33(35)14-16-37(46)51(41)23-24-71-4)50(21-7-5-6-12-42(53)49-20-22-52-43(54)17-18-44(52)55)36-15-13-32-34(45(36)47)26-30(73(59,60)61)28-38(32)75(65,66)67/h8,10-11,13-18,26-29H,5-7,9,12,19-25H2,1-4H3,(H5-,49,53,56,57,58,59,60,61,62,63,64,65,66,67,68,69,70)/p-4. The molecule has 0 saturated carbocycles. The van der Waals surface area contributed by atoms with Crippen LogP contribution in [0.1, 0.15) is 70.4 Å². The summed E-state index contributed by atoms with van der Waals surface area (Å²) in [5.41, 5.74) is -0.541. The van der Waals surface area contributed by atoms with Crippen LogP contribution in [0.15, 0.2) is 104 Å². The highest BCUT2D eigenvalue weighted by Crippen LogP contribution is 2.54. The Hall–Kier alpha value is -5.79. The van der Waals surface area contributed by atoms with Gasteiger partial charge in [0.25, 0.3) is 11.8 Å². The predicted molar refractivity (Wildman–Crippen MR) is 268 cm³/mol. The average molecular weight is 1150 g/mol.